The normalized spacial score (nSPS) is 11.9. The summed E-state index contributed by atoms with van der Waals surface area (Å²) in [6, 6.07) is 0. The zero-order chi connectivity index (χ0) is 15.4. The molecule has 0 atom stereocenters. The molecule has 0 saturated heterocycles. The predicted octanol–water partition coefficient (Wildman–Crippen LogP) is 0.484. The van der Waals surface area contributed by atoms with Crippen LogP contribution in [-0.2, 0) is 0 Å². The number of hydrogen-bond donors (Lipinski definition) is 0. The molecule has 0 rings (SSSR count). The van der Waals surface area contributed by atoms with Gasteiger partial charge >= 0.3 is 35.4 Å². The van der Waals surface area contributed by atoms with E-state index in [1.807, 2.05) is 0 Å². The molecule has 0 aliphatic heterocycles. The van der Waals surface area contributed by atoms with Gasteiger partial charge in [-0.3, -0.25) is 0 Å². The van der Waals surface area contributed by atoms with E-state index in [0.717, 1.165) is 0 Å². The van der Waals surface area contributed by atoms with Crippen LogP contribution in [0.2, 0.25) is 4.28 Å². The monoisotopic (exact) mass is 416 g/mol. The van der Waals surface area contributed by atoms with Crippen LogP contribution in [0.5, 0.6) is 0 Å². The first-order chi connectivity index (χ1) is 8.44. The summed E-state index contributed by atoms with van der Waals surface area (Å²) in [4.78, 5) is 0. The van der Waals surface area contributed by atoms with Crippen molar-refractivity contribution in [3.63, 3.8) is 0 Å². The Labute approximate surface area is 181 Å². The molecule has 6 heteroatoms. The van der Waals surface area contributed by atoms with Gasteiger partial charge in [0.15, 0.2) is 0 Å². The number of halogens is 4. The minimum absolute atomic E-state index is 0. The second-order valence-corrected chi connectivity index (χ2v) is 13.4. The van der Waals surface area contributed by atoms with Gasteiger partial charge in [0.1, 0.15) is 0 Å². The molecule has 0 fully saturated rings. The summed E-state index contributed by atoms with van der Waals surface area (Å²) >= 11 is -1.74. The van der Waals surface area contributed by atoms with E-state index in [9.17, 15) is 0 Å². The molecule has 0 unspecified atom stereocenters. The van der Waals surface area contributed by atoms with Crippen LogP contribution in [0.15, 0.2) is 0 Å². The van der Waals surface area contributed by atoms with E-state index >= 15 is 0 Å². The summed E-state index contributed by atoms with van der Waals surface area (Å²) < 4.78 is 0.0783. The third-order valence-corrected chi connectivity index (χ3v) is 9.29. The smallest absolute Gasteiger partial charge is 1.00 e. The Morgan fingerprint density at radius 2 is 0.955 bits per heavy atom. The van der Waals surface area contributed by atoms with Crippen LogP contribution in [0.1, 0.15) is 74.7 Å². The van der Waals surface area contributed by atoms with Crippen molar-refractivity contribution >= 4 is 55.5 Å². The number of rotatable bonds is 8. The van der Waals surface area contributed by atoms with Gasteiger partial charge in [-0.15, -0.1) is 0 Å². The first-order valence-electron chi connectivity index (χ1n) is 7.72. The van der Waals surface area contributed by atoms with Crippen LogP contribution in [0.25, 0.3) is 0 Å². The minimum atomic E-state index is -1.74. The van der Waals surface area contributed by atoms with Gasteiger partial charge in [-0.05, 0) is 46.7 Å². The fourth-order valence-corrected chi connectivity index (χ4v) is 5.82. The molecule has 0 aromatic rings. The van der Waals surface area contributed by atoms with Crippen molar-refractivity contribution < 1.29 is 24.8 Å². The van der Waals surface area contributed by atoms with E-state index < -0.39 is 12.3 Å². The van der Waals surface area contributed by atoms with Crippen LogP contribution >= 0.6 is 20.1 Å². The molecule has 0 aromatic heterocycles. The largest absolute Gasteiger partial charge is 2.00 e. The van der Waals surface area contributed by atoms with Crippen molar-refractivity contribution in [1.29, 1.82) is 0 Å². The van der Waals surface area contributed by atoms with E-state index in [2.05, 4.69) is 55.4 Å². The van der Waals surface area contributed by atoms with Crippen LogP contribution in [0.3, 0.4) is 0 Å². The Hall–Kier alpha value is 2.46. The van der Waals surface area contributed by atoms with Crippen molar-refractivity contribution in [1.82, 2.24) is 0 Å². The Kier molecular flexibility index (Phi) is 19.9. The molecule has 0 aliphatic rings. The zero-order valence-corrected chi connectivity index (χ0v) is 21.2. The fraction of sp³-hybridized carbons (Fsp3) is 1.00. The molecule has 22 heavy (non-hydrogen) atoms. The van der Waals surface area contributed by atoms with Crippen molar-refractivity contribution in [2.45, 2.75) is 78.9 Å². The molecular weight excluding hydrogens is 385 g/mol. The molecule has 0 nitrogen and oxygen atoms in total. The number of hydrogen-bond acceptors (Lipinski definition) is 0. The summed E-state index contributed by atoms with van der Waals surface area (Å²) in [5.41, 5.74) is 0.282. The average molecular weight is 419 g/mol. The van der Waals surface area contributed by atoms with Gasteiger partial charge in [-0.25, -0.2) is 20.1 Å². The van der Waals surface area contributed by atoms with E-state index in [1.54, 1.807) is 0 Å². The van der Waals surface area contributed by atoms with Gasteiger partial charge in [0, 0.05) is 0 Å². The first kappa shape index (κ1) is 32.2. The summed E-state index contributed by atoms with van der Waals surface area (Å²) in [5.74, 6) is 2.08. The second kappa shape index (κ2) is 13.6. The van der Waals surface area contributed by atoms with Gasteiger partial charge in [-0.2, -0.15) is 0 Å². The quantitative estimate of drug-likeness (QED) is 0.504. The topological polar surface area (TPSA) is 0 Å². The Balaban J connectivity index is -0.000000540. The second-order valence-electron chi connectivity index (χ2n) is 8.10. The van der Waals surface area contributed by atoms with Crippen molar-refractivity contribution in [3.05, 3.63) is 0 Å². The van der Waals surface area contributed by atoms with Crippen LogP contribution in [0, 0.1) is 23.2 Å². The summed E-state index contributed by atoms with van der Waals surface area (Å²) in [7, 11) is 13.0. The van der Waals surface area contributed by atoms with Gasteiger partial charge in [-0.1, -0.05) is 55.4 Å². The molecule has 0 aliphatic carbocycles. The fourth-order valence-electron chi connectivity index (χ4n) is 3.62. The van der Waals surface area contributed by atoms with Crippen LogP contribution < -0.4 is 24.8 Å². The summed E-state index contributed by atoms with van der Waals surface area (Å²) in [5, 5.41) is 0. The first-order valence-corrected chi connectivity index (χ1v) is 11.8. The third-order valence-electron chi connectivity index (χ3n) is 4.31. The zero-order valence-electron chi connectivity index (χ0n) is 15.6. The van der Waals surface area contributed by atoms with E-state index in [1.165, 1.54) is 19.3 Å². The average Bonchev–Trinajstić information content (AvgIpc) is 2.12. The molecule has 0 spiro atoms. The van der Waals surface area contributed by atoms with Crippen LogP contribution in [-0.4, -0.2) is 35.4 Å². The molecule has 0 N–H and O–H groups in total. The van der Waals surface area contributed by atoms with Crippen molar-refractivity contribution in [2.75, 3.05) is 0 Å². The standard InChI is InChI=1S/C16H33.Al.4ClH.Mg/c1-12(2)9-16(15(7)8,10-13(3)4)11-14(5)6;;;;;;/h12-14H,9-11H2,1-8H3;;4*1H;/q;+2;;;;;+2/p-4. The molecule has 0 heterocycles. The Morgan fingerprint density at radius 3 is 1.09 bits per heavy atom. The van der Waals surface area contributed by atoms with Crippen molar-refractivity contribution in [3.8, 4) is 0 Å². The Bertz CT molecular complexity index is 242. The van der Waals surface area contributed by atoms with Gasteiger partial charge < -0.3 is 24.8 Å². The molecule has 0 bridgehead atoms. The molecule has 0 radical (unpaired) electrons. The molecule has 0 saturated carbocycles. The summed E-state index contributed by atoms with van der Waals surface area (Å²) in [6.07, 6.45) is 3.71. The van der Waals surface area contributed by atoms with E-state index in [-0.39, 0.29) is 57.6 Å². The maximum absolute atomic E-state index is 6.51. The molecule has 0 amide bonds. The van der Waals surface area contributed by atoms with Crippen molar-refractivity contribution in [2.24, 2.45) is 23.2 Å². The maximum atomic E-state index is 6.51. The Morgan fingerprint density at radius 1 is 0.727 bits per heavy atom. The van der Waals surface area contributed by atoms with E-state index in [0.29, 0.717) is 17.8 Å². The third kappa shape index (κ3) is 9.82. The maximum Gasteiger partial charge on any atom is 2.00 e. The molecular formula is C16H33AlCl4Mg. The van der Waals surface area contributed by atoms with E-state index in [4.69, 9.17) is 20.1 Å². The predicted molar refractivity (Wildman–Crippen MR) is 98.1 cm³/mol. The SMILES string of the molecule is CC(C)CC(CC(C)C)(CC(C)C)[C](C)(C)[Al]([Cl])[Cl].[Cl-].[Cl-].[Mg+2]. The van der Waals surface area contributed by atoms with Gasteiger partial charge in [0.25, 0.3) is 0 Å². The summed E-state index contributed by atoms with van der Waals surface area (Å²) in [6.45, 7) is 18.6. The van der Waals surface area contributed by atoms with Gasteiger partial charge in [0.2, 0.25) is 0 Å². The van der Waals surface area contributed by atoms with Crippen LogP contribution in [0.4, 0.5) is 0 Å². The molecule has 130 valence electrons. The minimum Gasteiger partial charge on any atom is -1.00 e. The van der Waals surface area contributed by atoms with Gasteiger partial charge in [0.05, 0.1) is 0 Å². The molecule has 0 aromatic carbocycles.